The first-order chi connectivity index (χ1) is 16.6. The number of benzene rings is 2. The van der Waals surface area contributed by atoms with Crippen molar-refractivity contribution in [2.45, 2.75) is 45.4 Å². The average Bonchev–Trinajstić information content (AvgIpc) is 3.20. The molecule has 0 aliphatic rings. The van der Waals surface area contributed by atoms with Crippen LogP contribution in [0.25, 0.3) is 10.9 Å². The van der Waals surface area contributed by atoms with Crippen molar-refractivity contribution in [1.82, 2.24) is 9.88 Å². The Kier molecular flexibility index (Phi) is 9.80. The third-order valence-electron chi connectivity index (χ3n) is 5.09. The number of alkyl carbamates (subject to hydrolysis) is 1. The van der Waals surface area contributed by atoms with Gasteiger partial charge in [0.15, 0.2) is 0 Å². The smallest absolute Gasteiger partial charge is 0.419 e. The summed E-state index contributed by atoms with van der Waals surface area (Å²) in [6, 6.07) is 13.4. The average molecular weight is 517 g/mol. The van der Waals surface area contributed by atoms with E-state index in [4.69, 9.17) is 18.9 Å². The first-order valence-corrected chi connectivity index (χ1v) is 11.1. The molecule has 1 heterocycles. The molecule has 1 N–H and O–H groups in total. The number of methoxy groups -OCH3 is 2. The van der Waals surface area contributed by atoms with E-state index in [-0.39, 0.29) is 26.5 Å². The minimum atomic E-state index is -1.06. The summed E-state index contributed by atoms with van der Waals surface area (Å²) in [5.41, 5.74) is 1.24. The molecule has 3 rings (SSSR count). The number of aromatic nitrogens is 1. The number of nitrogens with zero attached hydrogens (tertiary/aromatic N) is 1. The Morgan fingerprint density at radius 3 is 2.31 bits per heavy atom. The van der Waals surface area contributed by atoms with Gasteiger partial charge in [-0.3, -0.25) is 4.57 Å². The molecule has 9 nitrogen and oxygen atoms in total. The molecule has 194 valence electrons. The molecular weight excluding hydrogens is 484 g/mol. The van der Waals surface area contributed by atoms with E-state index in [1.54, 1.807) is 45.2 Å². The number of ether oxygens (including phenoxy) is 4. The summed E-state index contributed by atoms with van der Waals surface area (Å²) in [6.07, 6.45) is 0.257. The standard InChI is InChI=1S/C26H30N2O7.H2S/c1-26(2,3)35-25(31)28-15-18(22-20(28)12-9-13-21(22)32-4)14-19(23(29)33-5)27-24(30)34-16-17-10-7-6-8-11-17;/h6-13,15,19H,14,16H2,1-5H3,(H,27,30);1H2/t19-;/m0./s1. The van der Waals surface area contributed by atoms with Crippen LogP contribution in [0.4, 0.5) is 9.59 Å². The van der Waals surface area contributed by atoms with Crippen LogP contribution in [0.2, 0.25) is 0 Å². The van der Waals surface area contributed by atoms with E-state index in [0.717, 1.165) is 5.56 Å². The topological polar surface area (TPSA) is 105 Å². The van der Waals surface area contributed by atoms with Crippen LogP contribution >= 0.6 is 13.5 Å². The van der Waals surface area contributed by atoms with Crippen LogP contribution < -0.4 is 10.1 Å². The predicted molar refractivity (Wildman–Crippen MR) is 140 cm³/mol. The summed E-state index contributed by atoms with van der Waals surface area (Å²) in [5.74, 6) is -0.148. The number of amides is 1. The van der Waals surface area contributed by atoms with Gasteiger partial charge < -0.3 is 24.3 Å². The molecule has 1 atom stereocenters. The Balaban J connectivity index is 0.00000456. The van der Waals surface area contributed by atoms with E-state index < -0.39 is 29.8 Å². The lowest BCUT2D eigenvalue weighted by atomic mass is 10.0. The molecule has 3 aromatic rings. The van der Waals surface area contributed by atoms with Gasteiger partial charge in [-0.25, -0.2) is 14.4 Å². The van der Waals surface area contributed by atoms with E-state index in [9.17, 15) is 14.4 Å². The highest BCUT2D eigenvalue weighted by atomic mass is 32.1. The number of fused-ring (bicyclic) bond motifs is 1. The van der Waals surface area contributed by atoms with Crippen molar-refractivity contribution in [2.24, 2.45) is 0 Å². The molecule has 10 heteroatoms. The van der Waals surface area contributed by atoms with Crippen molar-refractivity contribution in [3.8, 4) is 5.75 Å². The second-order valence-electron chi connectivity index (χ2n) is 8.85. The third-order valence-corrected chi connectivity index (χ3v) is 5.09. The van der Waals surface area contributed by atoms with Crippen LogP contribution in [-0.4, -0.2) is 48.6 Å². The maximum atomic E-state index is 12.9. The fourth-order valence-corrected chi connectivity index (χ4v) is 3.58. The van der Waals surface area contributed by atoms with Crippen LogP contribution in [0.3, 0.4) is 0 Å². The SMILES string of the molecule is COC(=O)[C@H](Cc1cn(C(=O)OC(C)(C)C)c2cccc(OC)c12)NC(=O)OCc1ccccc1.S. The van der Waals surface area contributed by atoms with Gasteiger partial charge in [0.25, 0.3) is 0 Å². The molecule has 0 aliphatic carbocycles. The van der Waals surface area contributed by atoms with E-state index in [1.807, 2.05) is 30.3 Å². The Morgan fingerprint density at radius 2 is 1.69 bits per heavy atom. The zero-order chi connectivity index (χ0) is 25.6. The molecule has 36 heavy (non-hydrogen) atoms. The fraction of sp³-hybridized carbons (Fsp3) is 0.346. The van der Waals surface area contributed by atoms with Gasteiger partial charge in [-0.15, -0.1) is 0 Å². The first kappa shape index (κ1) is 28.6. The van der Waals surface area contributed by atoms with Gasteiger partial charge in [0, 0.05) is 18.0 Å². The van der Waals surface area contributed by atoms with Crippen molar-refractivity contribution < 1.29 is 33.3 Å². The first-order valence-electron chi connectivity index (χ1n) is 11.1. The normalized spacial score (nSPS) is 11.7. The number of carbonyl (C=O) groups is 3. The van der Waals surface area contributed by atoms with E-state index in [1.165, 1.54) is 18.8 Å². The summed E-state index contributed by atoms with van der Waals surface area (Å²) in [4.78, 5) is 37.9. The van der Waals surface area contributed by atoms with E-state index in [0.29, 0.717) is 22.2 Å². The number of rotatable bonds is 7. The highest BCUT2D eigenvalue weighted by Crippen LogP contribution is 2.32. The Labute approximate surface area is 217 Å². The molecule has 0 fully saturated rings. The zero-order valence-corrected chi connectivity index (χ0v) is 22.0. The van der Waals surface area contributed by atoms with Gasteiger partial charge >= 0.3 is 18.2 Å². The van der Waals surface area contributed by atoms with Crippen LogP contribution in [0.1, 0.15) is 31.9 Å². The maximum Gasteiger partial charge on any atom is 0.419 e. The Morgan fingerprint density at radius 1 is 1.00 bits per heavy atom. The maximum absolute atomic E-state index is 12.9. The minimum Gasteiger partial charge on any atom is -0.496 e. The monoisotopic (exact) mass is 516 g/mol. The second kappa shape index (κ2) is 12.3. The van der Waals surface area contributed by atoms with Gasteiger partial charge in [0.1, 0.15) is 24.0 Å². The number of hydrogen-bond donors (Lipinski definition) is 1. The molecule has 1 amide bonds. The summed E-state index contributed by atoms with van der Waals surface area (Å²) < 4.78 is 22.6. The summed E-state index contributed by atoms with van der Waals surface area (Å²) in [6.45, 7) is 5.37. The summed E-state index contributed by atoms with van der Waals surface area (Å²) in [7, 11) is 2.75. The van der Waals surface area contributed by atoms with Gasteiger partial charge in [-0.2, -0.15) is 13.5 Å². The molecule has 0 radical (unpaired) electrons. The van der Waals surface area contributed by atoms with Crippen LogP contribution in [0, 0.1) is 0 Å². The fourth-order valence-electron chi connectivity index (χ4n) is 3.58. The predicted octanol–water partition coefficient (Wildman–Crippen LogP) is 4.56. The van der Waals surface area contributed by atoms with Gasteiger partial charge in [0.05, 0.1) is 19.7 Å². The van der Waals surface area contributed by atoms with Crippen molar-refractivity contribution in [1.29, 1.82) is 0 Å². The van der Waals surface area contributed by atoms with E-state index >= 15 is 0 Å². The molecule has 0 spiro atoms. The van der Waals surface area contributed by atoms with Crippen molar-refractivity contribution in [2.75, 3.05) is 14.2 Å². The van der Waals surface area contributed by atoms with Gasteiger partial charge in [-0.1, -0.05) is 36.4 Å². The number of hydrogen-bond acceptors (Lipinski definition) is 7. The molecular formula is C26H32N2O7S. The van der Waals surface area contributed by atoms with E-state index in [2.05, 4.69) is 5.32 Å². The highest BCUT2D eigenvalue weighted by molar-refractivity contribution is 7.59. The van der Waals surface area contributed by atoms with Crippen molar-refractivity contribution in [3.63, 3.8) is 0 Å². The van der Waals surface area contributed by atoms with Crippen LogP contribution in [0.5, 0.6) is 5.75 Å². The van der Waals surface area contributed by atoms with Crippen molar-refractivity contribution in [3.05, 3.63) is 65.9 Å². The Bertz CT molecular complexity index is 1200. The molecule has 0 aliphatic heterocycles. The summed E-state index contributed by atoms with van der Waals surface area (Å²) in [5, 5.41) is 3.18. The Hall–Kier alpha value is -3.66. The zero-order valence-electron chi connectivity index (χ0n) is 21.0. The molecule has 2 aromatic carbocycles. The molecule has 0 bridgehead atoms. The highest BCUT2D eigenvalue weighted by Gasteiger charge is 2.27. The molecule has 0 saturated heterocycles. The molecule has 0 saturated carbocycles. The number of esters is 1. The largest absolute Gasteiger partial charge is 0.496 e. The summed E-state index contributed by atoms with van der Waals surface area (Å²) >= 11 is 0. The molecule has 1 aromatic heterocycles. The minimum absolute atomic E-state index is 0. The molecule has 0 unspecified atom stereocenters. The quantitative estimate of drug-likeness (QED) is 0.363. The lowest BCUT2D eigenvalue weighted by Crippen LogP contribution is -2.43. The van der Waals surface area contributed by atoms with Crippen molar-refractivity contribution >= 4 is 42.6 Å². The third kappa shape index (κ3) is 7.17. The number of nitrogens with one attached hydrogen (secondary N) is 1. The van der Waals surface area contributed by atoms with Gasteiger partial charge in [0.2, 0.25) is 0 Å². The second-order valence-corrected chi connectivity index (χ2v) is 8.85. The van der Waals surface area contributed by atoms with Crippen LogP contribution in [-0.2, 0) is 32.0 Å². The van der Waals surface area contributed by atoms with Crippen LogP contribution in [0.15, 0.2) is 54.7 Å². The van der Waals surface area contributed by atoms with Gasteiger partial charge in [-0.05, 0) is 44.0 Å². The lowest BCUT2D eigenvalue weighted by Gasteiger charge is -2.19. The number of carbonyl (C=O) groups excluding carboxylic acids is 3. The lowest BCUT2D eigenvalue weighted by molar-refractivity contribution is -0.143.